The standard InChI is InChI=1S/C7H16N2O3/c1-7(4-10,5-11)3-9-2-6(8)12/h9-11H,2-5H2,1H3,(H2,8,12). The number of primary amides is 1. The number of amides is 1. The summed E-state index contributed by atoms with van der Waals surface area (Å²) in [5.41, 5.74) is 4.29. The Labute approximate surface area is 71.6 Å². The van der Waals surface area contributed by atoms with E-state index in [1.54, 1.807) is 6.92 Å². The minimum Gasteiger partial charge on any atom is -0.396 e. The minimum atomic E-state index is -0.588. The van der Waals surface area contributed by atoms with E-state index in [9.17, 15) is 4.79 Å². The van der Waals surface area contributed by atoms with Gasteiger partial charge in [-0.25, -0.2) is 0 Å². The molecule has 0 aromatic heterocycles. The van der Waals surface area contributed by atoms with E-state index in [1.165, 1.54) is 0 Å². The van der Waals surface area contributed by atoms with E-state index in [0.717, 1.165) is 0 Å². The van der Waals surface area contributed by atoms with Gasteiger partial charge in [0.25, 0.3) is 0 Å². The number of hydrogen-bond acceptors (Lipinski definition) is 4. The molecular formula is C7H16N2O3. The predicted octanol–water partition coefficient (Wildman–Crippen LogP) is -1.95. The molecule has 0 fully saturated rings. The summed E-state index contributed by atoms with van der Waals surface area (Å²) in [6.45, 7) is 1.88. The van der Waals surface area contributed by atoms with Crippen molar-refractivity contribution in [2.45, 2.75) is 6.92 Å². The Kier molecular flexibility index (Phi) is 4.80. The molecule has 0 rings (SSSR count). The second kappa shape index (κ2) is 5.08. The molecule has 0 spiro atoms. The monoisotopic (exact) mass is 176 g/mol. The lowest BCUT2D eigenvalue weighted by molar-refractivity contribution is -0.117. The Morgan fingerprint density at radius 3 is 2.33 bits per heavy atom. The lowest BCUT2D eigenvalue weighted by Gasteiger charge is -2.24. The van der Waals surface area contributed by atoms with E-state index in [1.807, 2.05) is 0 Å². The maximum Gasteiger partial charge on any atom is 0.231 e. The van der Waals surface area contributed by atoms with Crippen molar-refractivity contribution in [2.24, 2.45) is 11.1 Å². The second-order valence-electron chi connectivity index (χ2n) is 3.20. The van der Waals surface area contributed by atoms with Crippen molar-refractivity contribution >= 4 is 5.91 Å². The van der Waals surface area contributed by atoms with E-state index >= 15 is 0 Å². The fraction of sp³-hybridized carbons (Fsp3) is 0.857. The van der Waals surface area contributed by atoms with Gasteiger partial charge in [0.05, 0.1) is 19.8 Å². The van der Waals surface area contributed by atoms with Crippen molar-refractivity contribution < 1.29 is 15.0 Å². The van der Waals surface area contributed by atoms with E-state index in [0.29, 0.717) is 6.54 Å². The molecule has 0 saturated carbocycles. The molecule has 0 saturated heterocycles. The maximum absolute atomic E-state index is 10.3. The number of aliphatic hydroxyl groups excluding tert-OH is 2. The van der Waals surface area contributed by atoms with E-state index in [4.69, 9.17) is 15.9 Å². The summed E-state index contributed by atoms with van der Waals surface area (Å²) in [6, 6.07) is 0. The minimum absolute atomic E-state index is 0.0651. The first-order valence-electron chi connectivity index (χ1n) is 3.75. The average Bonchev–Trinajstić information content (AvgIpc) is 2.03. The molecule has 0 aliphatic rings. The third-order valence-electron chi connectivity index (χ3n) is 1.61. The van der Waals surface area contributed by atoms with Crippen molar-refractivity contribution in [1.82, 2.24) is 5.32 Å². The van der Waals surface area contributed by atoms with Crippen molar-refractivity contribution in [2.75, 3.05) is 26.3 Å². The Balaban J connectivity index is 3.65. The normalized spacial score (nSPS) is 11.6. The Morgan fingerprint density at radius 2 is 2.00 bits per heavy atom. The zero-order valence-corrected chi connectivity index (χ0v) is 7.21. The molecule has 5 N–H and O–H groups in total. The molecule has 5 nitrogen and oxygen atoms in total. The van der Waals surface area contributed by atoms with Crippen LogP contribution in [0.1, 0.15) is 6.92 Å². The third kappa shape index (κ3) is 4.27. The Morgan fingerprint density at radius 1 is 1.50 bits per heavy atom. The predicted molar refractivity (Wildman–Crippen MR) is 44.3 cm³/mol. The highest BCUT2D eigenvalue weighted by molar-refractivity contribution is 5.75. The first-order valence-corrected chi connectivity index (χ1v) is 3.75. The SMILES string of the molecule is CC(CO)(CO)CNCC(N)=O. The van der Waals surface area contributed by atoms with Crippen molar-refractivity contribution in [1.29, 1.82) is 0 Å². The molecule has 0 aliphatic carbocycles. The van der Waals surface area contributed by atoms with E-state index < -0.39 is 11.3 Å². The number of carbonyl (C=O) groups excluding carboxylic acids is 1. The van der Waals surface area contributed by atoms with Gasteiger partial charge in [-0.3, -0.25) is 4.79 Å². The highest BCUT2D eigenvalue weighted by atomic mass is 16.3. The molecular weight excluding hydrogens is 160 g/mol. The van der Waals surface area contributed by atoms with Crippen molar-refractivity contribution in [3.8, 4) is 0 Å². The molecule has 5 heteroatoms. The maximum atomic E-state index is 10.3. The smallest absolute Gasteiger partial charge is 0.231 e. The molecule has 0 bridgehead atoms. The number of nitrogens with one attached hydrogen (secondary N) is 1. The van der Waals surface area contributed by atoms with Crippen LogP contribution in [0.2, 0.25) is 0 Å². The van der Waals surface area contributed by atoms with Crippen LogP contribution in [0, 0.1) is 5.41 Å². The Bertz CT molecular complexity index is 146. The number of rotatable bonds is 6. The van der Waals surface area contributed by atoms with Crippen LogP contribution in [0.25, 0.3) is 0 Å². The first-order chi connectivity index (χ1) is 5.54. The molecule has 0 unspecified atom stereocenters. The molecule has 0 radical (unpaired) electrons. The highest BCUT2D eigenvalue weighted by Gasteiger charge is 2.21. The van der Waals surface area contributed by atoms with Crippen LogP contribution in [0.3, 0.4) is 0 Å². The zero-order valence-electron chi connectivity index (χ0n) is 7.21. The molecule has 0 atom stereocenters. The lowest BCUT2D eigenvalue weighted by Crippen LogP contribution is -2.41. The van der Waals surface area contributed by atoms with Crippen LogP contribution in [0.5, 0.6) is 0 Å². The molecule has 0 aromatic carbocycles. The largest absolute Gasteiger partial charge is 0.396 e. The summed E-state index contributed by atoms with van der Waals surface area (Å²) in [6.07, 6.45) is 0. The van der Waals surface area contributed by atoms with Gasteiger partial charge in [0, 0.05) is 12.0 Å². The third-order valence-corrected chi connectivity index (χ3v) is 1.61. The van der Waals surface area contributed by atoms with Crippen molar-refractivity contribution in [3.05, 3.63) is 0 Å². The molecule has 72 valence electrons. The average molecular weight is 176 g/mol. The van der Waals surface area contributed by atoms with Gasteiger partial charge in [-0.2, -0.15) is 0 Å². The van der Waals surface area contributed by atoms with Crippen LogP contribution in [0.15, 0.2) is 0 Å². The molecule has 0 aromatic rings. The molecule has 12 heavy (non-hydrogen) atoms. The van der Waals surface area contributed by atoms with Gasteiger partial charge < -0.3 is 21.3 Å². The fourth-order valence-electron chi connectivity index (χ4n) is 0.649. The van der Waals surface area contributed by atoms with Gasteiger partial charge in [0.2, 0.25) is 5.91 Å². The van der Waals surface area contributed by atoms with E-state index in [2.05, 4.69) is 5.32 Å². The van der Waals surface area contributed by atoms with Crippen LogP contribution in [-0.4, -0.2) is 42.4 Å². The van der Waals surface area contributed by atoms with Crippen LogP contribution >= 0.6 is 0 Å². The lowest BCUT2D eigenvalue weighted by atomic mass is 9.93. The number of carbonyl (C=O) groups is 1. The summed E-state index contributed by atoms with van der Waals surface area (Å²) in [5, 5.41) is 20.4. The molecule has 0 aliphatic heterocycles. The number of hydrogen-bond donors (Lipinski definition) is 4. The molecule has 0 heterocycles. The zero-order chi connectivity index (χ0) is 9.61. The van der Waals surface area contributed by atoms with Crippen molar-refractivity contribution in [3.63, 3.8) is 0 Å². The van der Waals surface area contributed by atoms with Crippen LogP contribution in [-0.2, 0) is 4.79 Å². The number of aliphatic hydroxyl groups is 2. The molecule has 1 amide bonds. The van der Waals surface area contributed by atoms with Gasteiger partial charge in [-0.05, 0) is 0 Å². The summed E-state index contributed by atoms with van der Waals surface area (Å²) in [5.74, 6) is -0.451. The quantitative estimate of drug-likeness (QED) is 0.378. The summed E-state index contributed by atoms with van der Waals surface area (Å²) in [4.78, 5) is 10.3. The van der Waals surface area contributed by atoms with Gasteiger partial charge in [0.1, 0.15) is 0 Å². The Hall–Kier alpha value is -0.650. The topological polar surface area (TPSA) is 95.6 Å². The van der Waals surface area contributed by atoms with Gasteiger partial charge >= 0.3 is 0 Å². The first kappa shape index (κ1) is 11.4. The summed E-state index contributed by atoms with van der Waals surface area (Å²) < 4.78 is 0. The summed E-state index contributed by atoms with van der Waals surface area (Å²) >= 11 is 0. The van der Waals surface area contributed by atoms with Crippen LogP contribution < -0.4 is 11.1 Å². The van der Waals surface area contributed by atoms with Gasteiger partial charge in [-0.15, -0.1) is 0 Å². The van der Waals surface area contributed by atoms with E-state index in [-0.39, 0.29) is 19.8 Å². The van der Waals surface area contributed by atoms with Crippen LogP contribution in [0.4, 0.5) is 0 Å². The second-order valence-corrected chi connectivity index (χ2v) is 3.20. The van der Waals surface area contributed by atoms with Gasteiger partial charge in [0.15, 0.2) is 0 Å². The summed E-state index contributed by atoms with van der Waals surface area (Å²) in [7, 11) is 0. The number of nitrogens with two attached hydrogens (primary N) is 1. The van der Waals surface area contributed by atoms with Gasteiger partial charge in [-0.1, -0.05) is 6.92 Å². The highest BCUT2D eigenvalue weighted by Crippen LogP contribution is 2.11. The fourth-order valence-corrected chi connectivity index (χ4v) is 0.649.